The molecule has 1 aromatic carbocycles. The Hall–Kier alpha value is -3.73. The Morgan fingerprint density at radius 3 is 2.87 bits per heavy atom. The first kappa shape index (κ1) is 21.0. The van der Waals surface area contributed by atoms with Gasteiger partial charge in [0.1, 0.15) is 17.7 Å². The summed E-state index contributed by atoms with van der Waals surface area (Å²) in [5.74, 6) is 5.77. The number of aryl methyl sites for hydroxylation is 1. The van der Waals surface area contributed by atoms with Crippen LogP contribution in [0.15, 0.2) is 29.5 Å². The van der Waals surface area contributed by atoms with Gasteiger partial charge in [0.2, 0.25) is 5.95 Å². The Bertz CT molecular complexity index is 974. The van der Waals surface area contributed by atoms with Crippen LogP contribution in [0, 0.1) is 12.3 Å². The van der Waals surface area contributed by atoms with E-state index in [-0.39, 0.29) is 17.4 Å². The molecular formula is C19H26N10O. The molecule has 0 aliphatic heterocycles. The van der Waals surface area contributed by atoms with Crippen LogP contribution in [0.2, 0.25) is 0 Å². The van der Waals surface area contributed by atoms with Crippen LogP contribution in [0.3, 0.4) is 0 Å². The first-order chi connectivity index (χ1) is 14.4. The highest BCUT2D eigenvalue weighted by molar-refractivity contribution is 5.98. The number of rotatable bonds is 7. The summed E-state index contributed by atoms with van der Waals surface area (Å²) in [6.07, 6.45) is 6.13. The molecule has 158 valence electrons. The maximum atomic E-state index is 11.9. The zero-order chi connectivity index (χ0) is 21.7. The molecule has 3 rings (SSSR count). The van der Waals surface area contributed by atoms with Crippen molar-refractivity contribution in [2.45, 2.75) is 38.6 Å². The molecule has 1 aliphatic rings. The number of aromatic nitrogens is 2. The van der Waals surface area contributed by atoms with Gasteiger partial charge in [-0.05, 0) is 49.9 Å². The molecule has 1 aliphatic carbocycles. The number of anilines is 4. The number of nitrogens with zero attached hydrogens (tertiary/aromatic N) is 4. The minimum Gasteiger partial charge on any atom is -0.388 e. The second kappa shape index (κ2) is 9.18. The molecule has 1 heterocycles. The van der Waals surface area contributed by atoms with E-state index in [1.807, 2.05) is 19.1 Å². The molecule has 1 amide bonds. The zero-order valence-electron chi connectivity index (χ0n) is 16.7. The third-order valence-corrected chi connectivity index (χ3v) is 4.75. The number of carbonyl (C=O) groups is 1. The molecule has 0 bridgehead atoms. The monoisotopic (exact) mass is 410 g/mol. The van der Waals surface area contributed by atoms with Gasteiger partial charge in [0.05, 0.1) is 11.7 Å². The van der Waals surface area contributed by atoms with Crippen LogP contribution in [0.25, 0.3) is 0 Å². The van der Waals surface area contributed by atoms with E-state index in [2.05, 4.69) is 25.7 Å². The maximum Gasteiger partial charge on any atom is 0.254 e. The number of carbonyl (C=O) groups excluding carboxylic acids is 1. The van der Waals surface area contributed by atoms with Crippen molar-refractivity contribution < 1.29 is 4.79 Å². The lowest BCUT2D eigenvalue weighted by molar-refractivity contribution is 0.100. The van der Waals surface area contributed by atoms with Crippen LogP contribution < -0.4 is 33.1 Å². The Morgan fingerprint density at radius 2 is 2.17 bits per heavy atom. The van der Waals surface area contributed by atoms with Crippen molar-refractivity contribution in [1.82, 2.24) is 9.97 Å². The van der Waals surface area contributed by atoms with Gasteiger partial charge in [-0.2, -0.15) is 10.1 Å². The zero-order valence-corrected chi connectivity index (χ0v) is 16.7. The normalized spacial score (nSPS) is 16.5. The topological polar surface area (TPSA) is 184 Å². The summed E-state index contributed by atoms with van der Waals surface area (Å²) in [6.45, 7) is 1.89. The fourth-order valence-electron chi connectivity index (χ4n) is 3.30. The molecule has 1 saturated carbocycles. The minimum atomic E-state index is -0.657. The van der Waals surface area contributed by atoms with Crippen LogP contribution in [0.4, 0.5) is 23.1 Å². The number of benzene rings is 1. The molecule has 30 heavy (non-hydrogen) atoms. The molecule has 1 fully saturated rings. The van der Waals surface area contributed by atoms with Crippen molar-refractivity contribution in [1.29, 1.82) is 5.41 Å². The van der Waals surface area contributed by atoms with E-state index >= 15 is 0 Å². The van der Waals surface area contributed by atoms with E-state index in [0.29, 0.717) is 23.0 Å². The molecule has 9 N–H and O–H groups in total. The van der Waals surface area contributed by atoms with E-state index in [1.165, 1.54) is 6.20 Å². The van der Waals surface area contributed by atoms with Gasteiger partial charge < -0.3 is 27.5 Å². The molecule has 11 heteroatoms. The molecule has 1 aromatic heterocycles. The number of hydrogen-bond donors (Lipinski definition) is 6. The summed E-state index contributed by atoms with van der Waals surface area (Å²) in [7, 11) is 0. The highest BCUT2D eigenvalue weighted by atomic mass is 16.1. The largest absolute Gasteiger partial charge is 0.388 e. The lowest BCUT2D eigenvalue weighted by Crippen LogP contribution is -2.32. The summed E-state index contributed by atoms with van der Waals surface area (Å²) in [5, 5.41) is 19.4. The maximum absolute atomic E-state index is 11.9. The lowest BCUT2D eigenvalue weighted by Gasteiger charge is -2.24. The van der Waals surface area contributed by atoms with Gasteiger partial charge in [-0.3, -0.25) is 4.79 Å². The van der Waals surface area contributed by atoms with Crippen LogP contribution in [-0.2, 0) is 0 Å². The van der Waals surface area contributed by atoms with Gasteiger partial charge in [-0.15, -0.1) is 5.10 Å². The highest BCUT2D eigenvalue weighted by Gasteiger charge is 2.21. The number of nitrogens with two attached hydrogens (primary N) is 3. The Labute approximate surface area is 174 Å². The van der Waals surface area contributed by atoms with Crippen LogP contribution in [0.1, 0.15) is 41.6 Å². The smallest absolute Gasteiger partial charge is 0.254 e. The lowest BCUT2D eigenvalue weighted by atomic mass is 9.93. The van der Waals surface area contributed by atoms with Gasteiger partial charge in [0, 0.05) is 17.6 Å². The number of amides is 1. The molecule has 2 aromatic rings. The summed E-state index contributed by atoms with van der Waals surface area (Å²) < 4.78 is 0. The number of hydrazine groups is 1. The Balaban J connectivity index is 1.90. The van der Waals surface area contributed by atoms with Gasteiger partial charge >= 0.3 is 0 Å². The summed E-state index contributed by atoms with van der Waals surface area (Å²) in [6, 6.07) is 5.31. The van der Waals surface area contributed by atoms with Gasteiger partial charge in [-0.1, -0.05) is 6.42 Å². The summed E-state index contributed by atoms with van der Waals surface area (Å²) in [4.78, 5) is 20.5. The summed E-state index contributed by atoms with van der Waals surface area (Å²) >= 11 is 0. The van der Waals surface area contributed by atoms with Crippen molar-refractivity contribution in [3.8, 4) is 0 Å². The van der Waals surface area contributed by atoms with Gasteiger partial charge in [0.15, 0.2) is 0 Å². The highest BCUT2D eigenvalue weighted by Crippen LogP contribution is 2.26. The average molecular weight is 410 g/mol. The molecule has 0 unspecified atom stereocenters. The molecular weight excluding hydrogens is 384 g/mol. The second-order valence-corrected chi connectivity index (χ2v) is 7.08. The van der Waals surface area contributed by atoms with Crippen molar-refractivity contribution in [3.05, 3.63) is 35.5 Å². The molecule has 1 atom stereocenters. The number of hydrogen-bond acceptors (Lipinski definition) is 9. The third-order valence-electron chi connectivity index (χ3n) is 4.75. The first-order valence-corrected chi connectivity index (χ1v) is 9.56. The van der Waals surface area contributed by atoms with Crippen molar-refractivity contribution in [2.24, 2.45) is 22.4 Å². The first-order valence-electron chi connectivity index (χ1n) is 9.56. The molecule has 0 radical (unpaired) electrons. The van der Waals surface area contributed by atoms with Crippen LogP contribution >= 0.6 is 0 Å². The predicted octanol–water partition coefficient (Wildman–Crippen LogP) is 1.58. The second-order valence-electron chi connectivity index (χ2n) is 7.08. The van der Waals surface area contributed by atoms with E-state index < -0.39 is 5.91 Å². The quantitative estimate of drug-likeness (QED) is 0.172. The van der Waals surface area contributed by atoms with E-state index in [9.17, 15) is 4.79 Å². The van der Waals surface area contributed by atoms with Crippen molar-refractivity contribution in [3.63, 3.8) is 0 Å². The minimum absolute atomic E-state index is 0.114. The fraction of sp³-hybridized carbons (Fsp3) is 0.316. The van der Waals surface area contributed by atoms with Gasteiger partial charge in [0.25, 0.3) is 5.91 Å². The average Bonchev–Trinajstić information content (AvgIpc) is 2.69. The molecule has 0 saturated heterocycles. The van der Waals surface area contributed by atoms with Crippen molar-refractivity contribution >= 4 is 41.1 Å². The Kier molecular flexibility index (Phi) is 6.42. The number of nitrogens with one attached hydrogen (secondary N) is 3. The Morgan fingerprint density at radius 1 is 1.37 bits per heavy atom. The summed E-state index contributed by atoms with van der Waals surface area (Å²) in [5.41, 5.74) is 13.7. The third kappa shape index (κ3) is 5.00. The fourth-order valence-corrected chi connectivity index (χ4v) is 3.30. The number of hydrazone groups is 1. The van der Waals surface area contributed by atoms with Crippen LogP contribution in [-0.4, -0.2) is 34.0 Å². The molecule has 11 nitrogen and oxygen atoms in total. The van der Waals surface area contributed by atoms with Crippen molar-refractivity contribution in [2.75, 3.05) is 15.8 Å². The molecule has 0 spiro atoms. The standard InChI is InChI=1S/C19H26N10O/c1-11-6-12(8-13(7-11)29(23)25-10-20)26-18-14(17(22)30)9-24-19(28-18)27-16-5-3-2-4-15(16)21/h6-10,16,21H,2-5,23H2,1H3,(H2,20,25)(H2,22,30)(H2,24,26,27,28)/t16-/m1/s1. The van der Waals surface area contributed by atoms with E-state index in [0.717, 1.165) is 42.7 Å². The SMILES string of the molecule is Cc1cc(Nc2nc(N[C@@H]3CCCCC3=N)ncc2C(N)=O)cc(N(N)/N=C\N)c1. The predicted molar refractivity (Wildman–Crippen MR) is 118 cm³/mol. The van der Waals surface area contributed by atoms with E-state index in [1.54, 1.807) is 6.07 Å². The van der Waals surface area contributed by atoms with Crippen LogP contribution in [0.5, 0.6) is 0 Å². The number of primary amides is 1. The van der Waals surface area contributed by atoms with Gasteiger partial charge in [-0.25, -0.2) is 10.8 Å². The van der Waals surface area contributed by atoms with E-state index in [4.69, 9.17) is 22.7 Å².